The van der Waals surface area contributed by atoms with Gasteiger partial charge in [0, 0.05) is 30.1 Å². The molecule has 2 aromatic rings. The lowest BCUT2D eigenvalue weighted by Crippen LogP contribution is -2.13. The van der Waals surface area contributed by atoms with Gasteiger partial charge in [0.05, 0.1) is 10.5 Å². The SMILES string of the molecule is O=C(Nc1cccc([N+](=O)[O-])c1)c1ccc(NC2CC2)nc1. The highest BCUT2D eigenvalue weighted by atomic mass is 16.6. The van der Waals surface area contributed by atoms with Gasteiger partial charge in [0.1, 0.15) is 5.82 Å². The zero-order chi connectivity index (χ0) is 15.5. The summed E-state index contributed by atoms with van der Waals surface area (Å²) >= 11 is 0. The third kappa shape index (κ3) is 3.38. The molecule has 0 saturated heterocycles. The molecular weight excluding hydrogens is 284 g/mol. The molecule has 7 nitrogen and oxygen atoms in total. The van der Waals surface area contributed by atoms with Crippen LogP contribution in [0.25, 0.3) is 0 Å². The fourth-order valence-electron chi connectivity index (χ4n) is 1.95. The first-order valence-electron chi connectivity index (χ1n) is 6.90. The van der Waals surface area contributed by atoms with Crippen molar-refractivity contribution in [2.75, 3.05) is 10.6 Å². The van der Waals surface area contributed by atoms with Crippen LogP contribution in [0.5, 0.6) is 0 Å². The third-order valence-electron chi connectivity index (χ3n) is 3.27. The van der Waals surface area contributed by atoms with E-state index >= 15 is 0 Å². The molecule has 1 aromatic carbocycles. The number of nitrogens with zero attached hydrogens (tertiary/aromatic N) is 2. The highest BCUT2D eigenvalue weighted by molar-refractivity contribution is 6.04. The lowest BCUT2D eigenvalue weighted by molar-refractivity contribution is -0.384. The molecule has 1 saturated carbocycles. The Bertz CT molecular complexity index is 711. The highest BCUT2D eigenvalue weighted by Crippen LogP contribution is 2.23. The van der Waals surface area contributed by atoms with Gasteiger partial charge in [-0.15, -0.1) is 0 Å². The standard InChI is InChI=1S/C15H14N4O3/c20-15(18-12-2-1-3-13(8-12)19(21)22)10-4-7-14(16-9-10)17-11-5-6-11/h1-4,7-9,11H,5-6H2,(H,16,17)(H,18,20). The lowest BCUT2D eigenvalue weighted by Gasteiger charge is -2.06. The number of pyridine rings is 1. The van der Waals surface area contributed by atoms with Crippen molar-refractivity contribution in [1.82, 2.24) is 4.98 Å². The number of anilines is 2. The van der Waals surface area contributed by atoms with Gasteiger partial charge in [-0.05, 0) is 31.0 Å². The zero-order valence-corrected chi connectivity index (χ0v) is 11.7. The summed E-state index contributed by atoms with van der Waals surface area (Å²) < 4.78 is 0. The number of carbonyl (C=O) groups excluding carboxylic acids is 1. The molecule has 1 aromatic heterocycles. The van der Waals surface area contributed by atoms with Crippen molar-refractivity contribution in [2.24, 2.45) is 0 Å². The summed E-state index contributed by atoms with van der Waals surface area (Å²) in [5.74, 6) is 0.389. The molecule has 1 amide bonds. The van der Waals surface area contributed by atoms with Crippen LogP contribution in [0.15, 0.2) is 42.6 Å². The van der Waals surface area contributed by atoms with Gasteiger partial charge in [-0.2, -0.15) is 0 Å². The largest absolute Gasteiger partial charge is 0.367 e. The Kier molecular flexibility index (Phi) is 3.69. The Morgan fingerprint density at radius 3 is 2.73 bits per heavy atom. The second-order valence-corrected chi connectivity index (χ2v) is 5.11. The van der Waals surface area contributed by atoms with Gasteiger partial charge in [0.2, 0.25) is 0 Å². The first-order valence-corrected chi connectivity index (χ1v) is 6.90. The molecule has 2 N–H and O–H groups in total. The van der Waals surface area contributed by atoms with Crippen LogP contribution in [-0.4, -0.2) is 21.9 Å². The van der Waals surface area contributed by atoms with Crippen LogP contribution >= 0.6 is 0 Å². The number of hydrogen-bond donors (Lipinski definition) is 2. The molecule has 7 heteroatoms. The van der Waals surface area contributed by atoms with Crippen LogP contribution in [0.3, 0.4) is 0 Å². The lowest BCUT2D eigenvalue weighted by atomic mass is 10.2. The molecule has 1 heterocycles. The van der Waals surface area contributed by atoms with Crippen LogP contribution in [0.4, 0.5) is 17.2 Å². The van der Waals surface area contributed by atoms with Crippen LogP contribution in [0.2, 0.25) is 0 Å². The Hall–Kier alpha value is -2.96. The summed E-state index contributed by atoms with van der Waals surface area (Å²) in [6, 6.07) is 9.72. The average molecular weight is 298 g/mol. The number of nitro groups is 1. The molecule has 1 aliphatic carbocycles. The van der Waals surface area contributed by atoms with E-state index in [1.165, 1.54) is 24.4 Å². The Balaban J connectivity index is 1.68. The number of nitrogens with one attached hydrogen (secondary N) is 2. The second kappa shape index (κ2) is 5.80. The Morgan fingerprint density at radius 1 is 1.27 bits per heavy atom. The third-order valence-corrected chi connectivity index (χ3v) is 3.27. The summed E-state index contributed by atoms with van der Waals surface area (Å²) in [5, 5.41) is 16.6. The van der Waals surface area contributed by atoms with Crippen molar-refractivity contribution in [1.29, 1.82) is 0 Å². The van der Waals surface area contributed by atoms with E-state index in [1.807, 2.05) is 0 Å². The number of aromatic nitrogens is 1. The van der Waals surface area contributed by atoms with Crippen LogP contribution in [-0.2, 0) is 0 Å². The molecule has 22 heavy (non-hydrogen) atoms. The number of amides is 1. The number of benzene rings is 1. The van der Waals surface area contributed by atoms with Gasteiger partial charge in [0.25, 0.3) is 11.6 Å². The van der Waals surface area contributed by atoms with E-state index in [0.717, 1.165) is 18.7 Å². The fraction of sp³-hybridized carbons (Fsp3) is 0.200. The Morgan fingerprint density at radius 2 is 2.09 bits per heavy atom. The number of non-ortho nitro benzene ring substituents is 1. The van der Waals surface area contributed by atoms with Gasteiger partial charge in [-0.25, -0.2) is 4.98 Å². The number of hydrogen-bond acceptors (Lipinski definition) is 5. The second-order valence-electron chi connectivity index (χ2n) is 5.11. The maximum absolute atomic E-state index is 12.1. The molecule has 0 aliphatic heterocycles. The topological polar surface area (TPSA) is 97.2 Å². The highest BCUT2D eigenvalue weighted by Gasteiger charge is 2.21. The van der Waals surface area contributed by atoms with Gasteiger partial charge in [-0.3, -0.25) is 14.9 Å². The fourth-order valence-corrected chi connectivity index (χ4v) is 1.95. The number of nitro benzene ring substituents is 1. The summed E-state index contributed by atoms with van der Waals surface area (Å²) in [6.45, 7) is 0. The van der Waals surface area contributed by atoms with E-state index in [-0.39, 0.29) is 11.6 Å². The van der Waals surface area contributed by atoms with Gasteiger partial charge in [-0.1, -0.05) is 6.07 Å². The number of rotatable bonds is 5. The van der Waals surface area contributed by atoms with E-state index in [4.69, 9.17) is 0 Å². The Labute approximate surface area is 126 Å². The predicted octanol–water partition coefficient (Wildman–Crippen LogP) is 2.82. The van der Waals surface area contributed by atoms with Crippen molar-refractivity contribution in [2.45, 2.75) is 18.9 Å². The smallest absolute Gasteiger partial charge is 0.271 e. The van der Waals surface area contributed by atoms with E-state index < -0.39 is 4.92 Å². The summed E-state index contributed by atoms with van der Waals surface area (Å²) in [5.41, 5.74) is 0.701. The first kappa shape index (κ1) is 14.0. The van der Waals surface area contributed by atoms with E-state index in [0.29, 0.717) is 17.3 Å². The summed E-state index contributed by atoms with van der Waals surface area (Å²) in [4.78, 5) is 26.5. The van der Waals surface area contributed by atoms with Crippen LogP contribution in [0, 0.1) is 10.1 Å². The molecule has 1 aliphatic rings. The van der Waals surface area contributed by atoms with Crippen molar-refractivity contribution < 1.29 is 9.72 Å². The van der Waals surface area contributed by atoms with E-state index in [9.17, 15) is 14.9 Å². The van der Waals surface area contributed by atoms with Crippen molar-refractivity contribution in [3.63, 3.8) is 0 Å². The van der Waals surface area contributed by atoms with E-state index in [2.05, 4.69) is 15.6 Å². The molecule has 0 bridgehead atoms. The molecule has 112 valence electrons. The minimum absolute atomic E-state index is 0.0695. The summed E-state index contributed by atoms with van der Waals surface area (Å²) in [7, 11) is 0. The molecule has 0 unspecified atom stereocenters. The van der Waals surface area contributed by atoms with E-state index in [1.54, 1.807) is 18.2 Å². The summed E-state index contributed by atoms with van der Waals surface area (Å²) in [6.07, 6.45) is 3.78. The molecule has 0 radical (unpaired) electrons. The molecule has 1 fully saturated rings. The van der Waals surface area contributed by atoms with Gasteiger partial charge >= 0.3 is 0 Å². The average Bonchev–Trinajstić information content (AvgIpc) is 3.32. The van der Waals surface area contributed by atoms with Crippen molar-refractivity contribution in [3.8, 4) is 0 Å². The molecule has 0 spiro atoms. The quantitative estimate of drug-likeness (QED) is 0.653. The predicted molar refractivity (Wildman–Crippen MR) is 81.9 cm³/mol. The number of carbonyl (C=O) groups is 1. The van der Waals surface area contributed by atoms with Crippen LogP contribution < -0.4 is 10.6 Å². The minimum atomic E-state index is -0.504. The maximum atomic E-state index is 12.1. The normalized spacial score (nSPS) is 13.5. The first-order chi connectivity index (χ1) is 10.6. The van der Waals surface area contributed by atoms with Gasteiger partial charge in [0.15, 0.2) is 0 Å². The zero-order valence-electron chi connectivity index (χ0n) is 11.7. The van der Waals surface area contributed by atoms with Crippen molar-refractivity contribution in [3.05, 3.63) is 58.3 Å². The van der Waals surface area contributed by atoms with Gasteiger partial charge < -0.3 is 10.6 Å². The van der Waals surface area contributed by atoms with Crippen molar-refractivity contribution >= 4 is 23.1 Å². The van der Waals surface area contributed by atoms with Crippen LogP contribution in [0.1, 0.15) is 23.2 Å². The molecular formula is C15H14N4O3. The molecule has 0 atom stereocenters. The molecule has 3 rings (SSSR count). The monoisotopic (exact) mass is 298 g/mol. The minimum Gasteiger partial charge on any atom is -0.367 e. The maximum Gasteiger partial charge on any atom is 0.271 e.